The van der Waals surface area contributed by atoms with Crippen LogP contribution in [-0.4, -0.2) is 32.3 Å². The summed E-state index contributed by atoms with van der Waals surface area (Å²) in [6, 6.07) is 1.57. The van der Waals surface area contributed by atoms with E-state index in [9.17, 15) is 35.2 Å². The summed E-state index contributed by atoms with van der Waals surface area (Å²) in [5, 5.41) is -0.631. The van der Waals surface area contributed by atoms with Gasteiger partial charge in [-0.15, -0.1) is 0 Å². The van der Waals surface area contributed by atoms with E-state index in [1.54, 1.807) is 0 Å². The highest BCUT2D eigenvalue weighted by atomic mass is 32.2. The Hall–Kier alpha value is -1.71. The molecule has 0 aliphatic rings. The molecule has 118 valence electrons. The predicted octanol–water partition coefficient (Wildman–Crippen LogP) is 1.81. The van der Waals surface area contributed by atoms with E-state index in [1.807, 2.05) is 0 Å². The minimum atomic E-state index is -4.72. The van der Waals surface area contributed by atoms with Crippen molar-refractivity contribution in [2.24, 2.45) is 0 Å². The molecular formula is C11H10F5NO3S. The monoisotopic (exact) mass is 331 g/mol. The van der Waals surface area contributed by atoms with Crippen LogP contribution in [0.15, 0.2) is 23.1 Å². The van der Waals surface area contributed by atoms with Gasteiger partial charge in [-0.1, -0.05) is 0 Å². The van der Waals surface area contributed by atoms with E-state index >= 15 is 0 Å². The van der Waals surface area contributed by atoms with Crippen molar-refractivity contribution >= 4 is 15.7 Å². The Labute approximate surface area is 116 Å². The zero-order chi connectivity index (χ0) is 16.4. The van der Waals surface area contributed by atoms with E-state index in [4.69, 9.17) is 0 Å². The lowest BCUT2D eigenvalue weighted by Gasteiger charge is -2.15. The number of benzene rings is 1. The second kappa shape index (κ2) is 5.96. The van der Waals surface area contributed by atoms with Gasteiger partial charge in [0, 0.05) is 0 Å². The van der Waals surface area contributed by atoms with Crippen LogP contribution in [-0.2, 0) is 14.6 Å². The number of nitrogens with one attached hydrogen (secondary N) is 1. The molecule has 1 aromatic rings. The molecule has 10 heteroatoms. The lowest BCUT2D eigenvalue weighted by molar-refractivity contribution is -0.138. The van der Waals surface area contributed by atoms with Gasteiger partial charge in [-0.25, -0.2) is 17.2 Å². The highest BCUT2D eigenvalue weighted by Crippen LogP contribution is 2.21. The van der Waals surface area contributed by atoms with Gasteiger partial charge < -0.3 is 5.32 Å². The minimum Gasteiger partial charge on any atom is -0.346 e. The Morgan fingerprint density at radius 1 is 1.29 bits per heavy atom. The number of rotatable bonds is 4. The van der Waals surface area contributed by atoms with Crippen LogP contribution in [0.4, 0.5) is 22.0 Å². The third kappa shape index (κ3) is 4.38. The van der Waals surface area contributed by atoms with Gasteiger partial charge in [0.1, 0.15) is 28.3 Å². The molecule has 0 aliphatic heterocycles. The number of alkyl halides is 3. The summed E-state index contributed by atoms with van der Waals surface area (Å²) in [6.45, 7) is -0.942. The molecule has 0 saturated heterocycles. The summed E-state index contributed by atoms with van der Waals surface area (Å²) in [6.07, 6.45) is -4.72. The molecule has 0 saturated carbocycles. The molecule has 1 amide bonds. The Morgan fingerprint density at radius 3 is 2.38 bits per heavy atom. The molecule has 0 aliphatic carbocycles. The number of carbonyl (C=O) groups excluding carboxylic acids is 1. The quantitative estimate of drug-likeness (QED) is 0.856. The molecule has 4 nitrogen and oxygen atoms in total. The standard InChI is InChI=1S/C11H10F5NO3S/c1-6(10(18)17-5-11(14,15)16)21(19,20)9-4-7(12)2-3-8(9)13/h2-4,6H,5H2,1H3,(H,17,18)/t6-/m0/s1. The maximum Gasteiger partial charge on any atom is 0.405 e. The molecule has 0 fully saturated rings. The molecule has 0 heterocycles. The largest absolute Gasteiger partial charge is 0.405 e. The van der Waals surface area contributed by atoms with Crippen LogP contribution in [0.2, 0.25) is 0 Å². The number of hydrogen-bond donors (Lipinski definition) is 1. The number of sulfone groups is 1. The average molecular weight is 331 g/mol. The van der Waals surface area contributed by atoms with Gasteiger partial charge in [-0.05, 0) is 25.1 Å². The topological polar surface area (TPSA) is 63.2 Å². The summed E-state index contributed by atoms with van der Waals surface area (Å²) in [5.74, 6) is -3.82. The van der Waals surface area contributed by atoms with Crippen LogP contribution < -0.4 is 5.32 Å². The zero-order valence-corrected chi connectivity index (χ0v) is 11.4. The number of hydrogen-bond acceptors (Lipinski definition) is 3. The van der Waals surface area contributed by atoms with Crippen LogP contribution in [0.1, 0.15) is 6.92 Å². The van der Waals surface area contributed by atoms with Gasteiger partial charge in [0.15, 0.2) is 9.84 Å². The molecule has 0 bridgehead atoms. The van der Waals surface area contributed by atoms with Gasteiger partial charge in [0.25, 0.3) is 0 Å². The normalized spacial score (nSPS) is 13.8. The van der Waals surface area contributed by atoms with Gasteiger partial charge >= 0.3 is 6.18 Å². The Balaban J connectivity index is 3.02. The van der Waals surface area contributed by atoms with Crippen molar-refractivity contribution in [2.45, 2.75) is 23.2 Å². The third-order valence-electron chi connectivity index (χ3n) is 2.50. The highest BCUT2D eigenvalue weighted by Gasteiger charge is 2.35. The number of amides is 1. The number of carbonyl (C=O) groups is 1. The molecule has 21 heavy (non-hydrogen) atoms. The number of halogens is 5. The van der Waals surface area contributed by atoms with E-state index in [0.29, 0.717) is 18.2 Å². The lowest BCUT2D eigenvalue weighted by Crippen LogP contribution is -2.42. The molecule has 1 atom stereocenters. The van der Waals surface area contributed by atoms with E-state index in [2.05, 4.69) is 0 Å². The Kier molecular flexibility index (Phi) is 4.92. The molecular weight excluding hydrogens is 321 g/mol. The first-order valence-electron chi connectivity index (χ1n) is 5.48. The molecule has 0 aromatic heterocycles. The summed E-state index contributed by atoms with van der Waals surface area (Å²) in [7, 11) is -4.65. The first-order chi connectivity index (χ1) is 9.45. The smallest absolute Gasteiger partial charge is 0.346 e. The highest BCUT2D eigenvalue weighted by molar-refractivity contribution is 7.92. The maximum absolute atomic E-state index is 13.4. The van der Waals surface area contributed by atoms with Crippen molar-refractivity contribution in [3.8, 4) is 0 Å². The lowest BCUT2D eigenvalue weighted by atomic mass is 10.3. The van der Waals surface area contributed by atoms with Crippen LogP contribution in [0.5, 0.6) is 0 Å². The average Bonchev–Trinajstić information content (AvgIpc) is 2.36. The van der Waals surface area contributed by atoms with Crippen molar-refractivity contribution in [3.05, 3.63) is 29.8 Å². The fourth-order valence-corrected chi connectivity index (χ4v) is 2.72. The van der Waals surface area contributed by atoms with Crippen molar-refractivity contribution in [2.75, 3.05) is 6.54 Å². The van der Waals surface area contributed by atoms with E-state index in [1.165, 1.54) is 5.32 Å². The first kappa shape index (κ1) is 17.3. The summed E-state index contributed by atoms with van der Waals surface area (Å²) in [4.78, 5) is 10.3. The van der Waals surface area contributed by atoms with Crippen LogP contribution >= 0.6 is 0 Å². The van der Waals surface area contributed by atoms with Gasteiger partial charge in [0.2, 0.25) is 5.91 Å². The third-order valence-corrected chi connectivity index (χ3v) is 4.57. The minimum absolute atomic E-state index is 0.359. The van der Waals surface area contributed by atoms with Crippen LogP contribution in [0, 0.1) is 11.6 Å². The van der Waals surface area contributed by atoms with Crippen molar-refractivity contribution < 1.29 is 35.2 Å². The molecule has 0 unspecified atom stereocenters. The predicted molar refractivity (Wildman–Crippen MR) is 62.1 cm³/mol. The second-order valence-corrected chi connectivity index (χ2v) is 6.33. The van der Waals surface area contributed by atoms with E-state index < -0.39 is 50.2 Å². The zero-order valence-electron chi connectivity index (χ0n) is 10.5. The molecule has 0 spiro atoms. The first-order valence-corrected chi connectivity index (χ1v) is 7.03. The maximum atomic E-state index is 13.4. The van der Waals surface area contributed by atoms with Crippen LogP contribution in [0.25, 0.3) is 0 Å². The van der Waals surface area contributed by atoms with Crippen molar-refractivity contribution in [3.63, 3.8) is 0 Å². The van der Waals surface area contributed by atoms with Gasteiger partial charge in [-0.3, -0.25) is 4.79 Å². The fourth-order valence-electron chi connectivity index (χ4n) is 1.36. The molecule has 1 N–H and O–H groups in total. The van der Waals surface area contributed by atoms with E-state index in [-0.39, 0.29) is 0 Å². The SMILES string of the molecule is C[C@@H](C(=O)NCC(F)(F)F)S(=O)(=O)c1cc(F)ccc1F. The molecule has 1 rings (SSSR count). The molecule has 1 aromatic carbocycles. The van der Waals surface area contributed by atoms with Gasteiger partial charge in [-0.2, -0.15) is 13.2 Å². The Morgan fingerprint density at radius 2 is 1.86 bits per heavy atom. The van der Waals surface area contributed by atoms with Crippen molar-refractivity contribution in [1.82, 2.24) is 5.32 Å². The summed E-state index contributed by atoms with van der Waals surface area (Å²) in [5.41, 5.74) is 0. The van der Waals surface area contributed by atoms with Crippen LogP contribution in [0.3, 0.4) is 0 Å². The Bertz CT molecular complexity index is 642. The summed E-state index contributed by atoms with van der Waals surface area (Å²) < 4.78 is 86.0. The van der Waals surface area contributed by atoms with Crippen molar-refractivity contribution in [1.29, 1.82) is 0 Å². The van der Waals surface area contributed by atoms with Gasteiger partial charge in [0.05, 0.1) is 0 Å². The van der Waals surface area contributed by atoms with E-state index in [0.717, 1.165) is 6.92 Å². The molecule has 0 radical (unpaired) electrons. The second-order valence-electron chi connectivity index (χ2n) is 4.09. The fraction of sp³-hybridized carbons (Fsp3) is 0.364. The summed E-state index contributed by atoms with van der Waals surface area (Å²) >= 11 is 0.